The molecular weight excluding hydrogens is 737 g/mol. The summed E-state index contributed by atoms with van der Waals surface area (Å²) < 4.78 is 2.39. The Bertz CT molecular complexity index is 3140. The minimum atomic E-state index is 0.215. The summed E-state index contributed by atoms with van der Waals surface area (Å²) in [6, 6.07) is 72.7. The van der Waals surface area contributed by atoms with Crippen LogP contribution in [0.25, 0.3) is 60.9 Å². The Morgan fingerprint density at radius 1 is 0.443 bits per heavy atom. The van der Waals surface area contributed by atoms with E-state index in [1.165, 1.54) is 87.3 Å². The zero-order valence-corrected chi connectivity index (χ0v) is 34.2. The lowest BCUT2D eigenvalue weighted by Gasteiger charge is -2.67. The number of rotatable bonds is 6. The highest BCUT2D eigenvalue weighted by Crippen LogP contribution is 2.84. The molecule has 0 amide bonds. The van der Waals surface area contributed by atoms with Gasteiger partial charge in [0.1, 0.15) is 0 Å². The van der Waals surface area contributed by atoms with Gasteiger partial charge < -0.3 is 9.47 Å². The van der Waals surface area contributed by atoms with Gasteiger partial charge in [-0.15, -0.1) is 0 Å². The van der Waals surface area contributed by atoms with Crippen LogP contribution in [0.15, 0.2) is 194 Å². The Kier molecular flexibility index (Phi) is 6.97. The van der Waals surface area contributed by atoms with E-state index in [-0.39, 0.29) is 5.41 Å². The van der Waals surface area contributed by atoms with E-state index in [1.54, 1.807) is 11.1 Å². The van der Waals surface area contributed by atoms with Gasteiger partial charge in [-0.3, -0.25) is 0 Å². The minimum Gasteiger partial charge on any atom is -0.311 e. The van der Waals surface area contributed by atoms with Gasteiger partial charge in [0.05, 0.1) is 11.0 Å². The molecule has 6 aliphatic rings. The van der Waals surface area contributed by atoms with Crippen molar-refractivity contribution >= 4 is 38.9 Å². The largest absolute Gasteiger partial charge is 0.311 e. The summed E-state index contributed by atoms with van der Waals surface area (Å²) in [5.41, 5.74) is 19.0. The van der Waals surface area contributed by atoms with Crippen molar-refractivity contribution in [2.24, 2.45) is 29.1 Å². The van der Waals surface area contributed by atoms with E-state index in [1.807, 2.05) is 0 Å². The molecule has 0 N–H and O–H groups in total. The SMILES string of the molecule is c1ccc(-c2ccc(N(c3ccc(-c4ccc5c(c4)-c4ccccc4C54C5CC6CC7CC4(C6)C7C5)cc3)c3ccc(-n4c5ccccc5c5ccccc54)cc3)cc2)cc1. The highest BCUT2D eigenvalue weighted by Gasteiger charge is 2.78. The molecule has 2 nitrogen and oxygen atoms in total. The van der Waals surface area contributed by atoms with Gasteiger partial charge in [0.25, 0.3) is 0 Å². The van der Waals surface area contributed by atoms with Gasteiger partial charge in [0.15, 0.2) is 0 Å². The Morgan fingerprint density at radius 3 is 1.70 bits per heavy atom. The highest BCUT2D eigenvalue weighted by molar-refractivity contribution is 6.09. The standard InChI is InChI=1S/C59H46N2/c1-2-10-39(11-3-1)40-18-23-45(24-19-40)60(47-27-29-48(30-28-47)61-56-16-8-5-13-50(56)51-14-6-9-17-57(51)61)46-25-20-41(21-26-46)42-22-31-54-52(34-42)49-12-4-7-15-53(49)59(54)44-33-38-32-43-37-58(59,36-38)55(43)35-44/h1-31,34,38,43-44,55H,32-33,35-37H2. The average molecular weight is 783 g/mol. The number of fused-ring (bicyclic) bond motifs is 6. The molecule has 1 aromatic heterocycles. The summed E-state index contributed by atoms with van der Waals surface area (Å²) in [6.07, 6.45) is 7.30. The molecule has 6 aliphatic carbocycles. The third kappa shape index (κ3) is 4.53. The molecule has 5 saturated carbocycles. The molecule has 0 radical (unpaired) electrons. The Labute approximate surface area is 357 Å². The van der Waals surface area contributed by atoms with E-state index >= 15 is 0 Å². The van der Waals surface area contributed by atoms with Gasteiger partial charge >= 0.3 is 0 Å². The lowest BCUT2D eigenvalue weighted by atomic mass is 9.36. The minimum absolute atomic E-state index is 0.215. The number of nitrogens with zero attached hydrogens (tertiary/aromatic N) is 2. The molecule has 6 unspecified atom stereocenters. The van der Waals surface area contributed by atoms with Crippen LogP contribution in [-0.4, -0.2) is 4.57 Å². The zero-order chi connectivity index (χ0) is 39.9. The van der Waals surface area contributed by atoms with Crippen LogP contribution in [0.1, 0.15) is 43.2 Å². The molecule has 9 aromatic rings. The molecule has 4 bridgehead atoms. The van der Waals surface area contributed by atoms with E-state index in [9.17, 15) is 0 Å². The number of para-hydroxylation sites is 2. The second kappa shape index (κ2) is 12.5. The zero-order valence-electron chi connectivity index (χ0n) is 34.2. The van der Waals surface area contributed by atoms with Crippen LogP contribution in [0, 0.1) is 29.1 Å². The number of aromatic nitrogens is 1. The van der Waals surface area contributed by atoms with Crippen molar-refractivity contribution in [2.75, 3.05) is 4.90 Å². The lowest BCUT2D eigenvalue weighted by Crippen LogP contribution is -2.62. The van der Waals surface area contributed by atoms with Crippen molar-refractivity contribution < 1.29 is 0 Å². The van der Waals surface area contributed by atoms with Crippen molar-refractivity contribution in [1.29, 1.82) is 0 Å². The van der Waals surface area contributed by atoms with Crippen LogP contribution in [0.4, 0.5) is 17.1 Å². The Balaban J connectivity index is 0.851. The predicted molar refractivity (Wildman–Crippen MR) is 252 cm³/mol. The van der Waals surface area contributed by atoms with Gasteiger partial charge in [-0.1, -0.05) is 127 Å². The van der Waals surface area contributed by atoms with Gasteiger partial charge in [-0.25, -0.2) is 0 Å². The van der Waals surface area contributed by atoms with Gasteiger partial charge in [-0.2, -0.15) is 0 Å². The molecule has 5 fully saturated rings. The van der Waals surface area contributed by atoms with Gasteiger partial charge in [0, 0.05) is 38.9 Å². The van der Waals surface area contributed by atoms with Crippen LogP contribution >= 0.6 is 0 Å². The molecule has 15 rings (SSSR count). The maximum Gasteiger partial charge on any atom is 0.0541 e. The molecule has 61 heavy (non-hydrogen) atoms. The molecule has 1 heterocycles. The third-order valence-corrected chi connectivity index (χ3v) is 16.5. The van der Waals surface area contributed by atoms with E-state index in [2.05, 4.69) is 204 Å². The summed E-state index contributed by atoms with van der Waals surface area (Å²) >= 11 is 0. The van der Waals surface area contributed by atoms with Gasteiger partial charge in [0.2, 0.25) is 0 Å². The van der Waals surface area contributed by atoms with Crippen molar-refractivity contribution in [1.82, 2.24) is 4.57 Å². The van der Waals surface area contributed by atoms with Crippen molar-refractivity contribution in [3.63, 3.8) is 0 Å². The first-order valence-corrected chi connectivity index (χ1v) is 22.6. The summed E-state index contributed by atoms with van der Waals surface area (Å²) in [5, 5.41) is 2.55. The predicted octanol–water partition coefficient (Wildman–Crippen LogP) is 15.3. The molecule has 2 spiro atoms. The number of hydrogen-bond acceptors (Lipinski definition) is 1. The molecule has 8 aromatic carbocycles. The normalized spacial score (nSPS) is 24.9. The number of anilines is 3. The maximum atomic E-state index is 2.57. The molecule has 292 valence electrons. The highest BCUT2D eigenvalue weighted by atomic mass is 15.1. The van der Waals surface area contributed by atoms with Crippen LogP contribution in [0.3, 0.4) is 0 Å². The summed E-state index contributed by atoms with van der Waals surface area (Å²) in [4.78, 5) is 2.40. The van der Waals surface area contributed by atoms with Crippen LogP contribution in [0.5, 0.6) is 0 Å². The fourth-order valence-electron chi connectivity index (χ4n) is 14.4. The first-order chi connectivity index (χ1) is 30.2. The molecule has 6 atom stereocenters. The first-order valence-electron chi connectivity index (χ1n) is 22.6. The lowest BCUT2D eigenvalue weighted by molar-refractivity contribution is -0.140. The number of hydrogen-bond donors (Lipinski definition) is 0. The topological polar surface area (TPSA) is 8.17 Å². The van der Waals surface area contributed by atoms with Crippen LogP contribution in [0.2, 0.25) is 0 Å². The summed E-state index contributed by atoms with van der Waals surface area (Å²) in [7, 11) is 0. The first kappa shape index (κ1) is 34.1. The fraction of sp³-hybridized carbons (Fsp3) is 0.186. The Morgan fingerprint density at radius 2 is 1.00 bits per heavy atom. The quantitative estimate of drug-likeness (QED) is 0.163. The van der Waals surface area contributed by atoms with Crippen molar-refractivity contribution in [3.05, 3.63) is 205 Å². The monoisotopic (exact) mass is 782 g/mol. The summed E-state index contributed by atoms with van der Waals surface area (Å²) in [6.45, 7) is 0. The molecule has 0 saturated heterocycles. The van der Waals surface area contributed by atoms with E-state index < -0.39 is 0 Å². The second-order valence-corrected chi connectivity index (χ2v) is 19.0. The molecule has 2 heteroatoms. The van der Waals surface area contributed by atoms with Gasteiger partial charge in [-0.05, 0) is 172 Å². The van der Waals surface area contributed by atoms with Crippen LogP contribution < -0.4 is 4.90 Å². The molecular formula is C59H46N2. The maximum absolute atomic E-state index is 2.57. The van der Waals surface area contributed by atoms with Crippen LogP contribution in [-0.2, 0) is 5.41 Å². The Hall–Kier alpha value is -6.64. The number of benzene rings is 8. The van der Waals surface area contributed by atoms with E-state index in [0.717, 1.165) is 46.4 Å². The molecule has 0 aliphatic heterocycles. The fourth-order valence-corrected chi connectivity index (χ4v) is 14.4. The third-order valence-electron chi connectivity index (χ3n) is 16.5. The van der Waals surface area contributed by atoms with Crippen molar-refractivity contribution in [2.45, 2.75) is 37.5 Å². The second-order valence-electron chi connectivity index (χ2n) is 19.0. The van der Waals surface area contributed by atoms with Crippen molar-refractivity contribution in [3.8, 4) is 39.1 Å². The smallest absolute Gasteiger partial charge is 0.0541 e. The van der Waals surface area contributed by atoms with E-state index in [4.69, 9.17) is 0 Å². The average Bonchev–Trinajstić information content (AvgIpc) is 3.81. The van der Waals surface area contributed by atoms with E-state index in [0.29, 0.717) is 5.41 Å². The summed E-state index contributed by atoms with van der Waals surface area (Å²) in [5.74, 6) is 3.67.